The van der Waals surface area contributed by atoms with Crippen LogP contribution in [0, 0.1) is 11.7 Å². The van der Waals surface area contributed by atoms with Crippen molar-refractivity contribution in [3.05, 3.63) is 60.4 Å². The van der Waals surface area contributed by atoms with Crippen LogP contribution in [0.4, 0.5) is 15.8 Å². The van der Waals surface area contributed by atoms with Gasteiger partial charge >= 0.3 is 0 Å². The van der Waals surface area contributed by atoms with Crippen molar-refractivity contribution in [3.63, 3.8) is 0 Å². The summed E-state index contributed by atoms with van der Waals surface area (Å²) in [5, 5.41) is 2.55. The summed E-state index contributed by atoms with van der Waals surface area (Å²) in [6.45, 7) is 0.309. The molecule has 0 radical (unpaired) electrons. The van der Waals surface area contributed by atoms with E-state index in [1.54, 1.807) is 17.0 Å². The molecular formula is C17H15FN2O2. The Hall–Kier alpha value is -2.69. The highest BCUT2D eigenvalue weighted by Crippen LogP contribution is 2.26. The quantitative estimate of drug-likeness (QED) is 0.947. The van der Waals surface area contributed by atoms with Crippen LogP contribution >= 0.6 is 0 Å². The van der Waals surface area contributed by atoms with E-state index >= 15 is 0 Å². The minimum Gasteiger partial charge on any atom is -0.323 e. The van der Waals surface area contributed by atoms with Gasteiger partial charge in [-0.1, -0.05) is 30.3 Å². The van der Waals surface area contributed by atoms with E-state index in [0.29, 0.717) is 6.54 Å². The van der Waals surface area contributed by atoms with Gasteiger partial charge in [0.05, 0.1) is 11.6 Å². The van der Waals surface area contributed by atoms with Crippen molar-refractivity contribution in [2.75, 3.05) is 16.8 Å². The van der Waals surface area contributed by atoms with E-state index in [1.165, 1.54) is 12.1 Å². The van der Waals surface area contributed by atoms with E-state index in [-0.39, 0.29) is 23.9 Å². The Balaban J connectivity index is 1.71. The van der Waals surface area contributed by atoms with Crippen molar-refractivity contribution in [3.8, 4) is 0 Å². The highest BCUT2D eigenvalue weighted by Gasteiger charge is 2.35. The maximum atomic E-state index is 13.6. The zero-order valence-corrected chi connectivity index (χ0v) is 11.8. The van der Waals surface area contributed by atoms with Gasteiger partial charge in [-0.05, 0) is 24.3 Å². The third-order valence-electron chi connectivity index (χ3n) is 3.70. The molecule has 1 saturated heterocycles. The summed E-state index contributed by atoms with van der Waals surface area (Å²) in [4.78, 5) is 25.9. The minimum absolute atomic E-state index is 0.0973. The summed E-state index contributed by atoms with van der Waals surface area (Å²) in [6.07, 6.45) is 0.134. The van der Waals surface area contributed by atoms with Gasteiger partial charge < -0.3 is 10.2 Å². The predicted molar refractivity (Wildman–Crippen MR) is 81.9 cm³/mol. The third kappa shape index (κ3) is 2.83. The molecule has 0 unspecified atom stereocenters. The van der Waals surface area contributed by atoms with Crippen LogP contribution in [0.5, 0.6) is 0 Å². The van der Waals surface area contributed by atoms with E-state index < -0.39 is 11.7 Å². The maximum absolute atomic E-state index is 13.6. The first-order valence-corrected chi connectivity index (χ1v) is 7.06. The van der Waals surface area contributed by atoms with Crippen molar-refractivity contribution >= 4 is 23.2 Å². The van der Waals surface area contributed by atoms with Gasteiger partial charge in [0, 0.05) is 18.7 Å². The Labute approximate surface area is 127 Å². The number of para-hydroxylation sites is 2. The van der Waals surface area contributed by atoms with Crippen LogP contribution in [0.1, 0.15) is 6.42 Å². The Morgan fingerprint density at radius 3 is 2.50 bits per heavy atom. The van der Waals surface area contributed by atoms with Crippen molar-refractivity contribution in [1.29, 1.82) is 0 Å². The number of rotatable bonds is 3. The first kappa shape index (κ1) is 14.3. The number of carbonyl (C=O) groups is 2. The zero-order valence-electron chi connectivity index (χ0n) is 11.8. The van der Waals surface area contributed by atoms with E-state index in [1.807, 2.05) is 30.3 Å². The number of hydrogen-bond donors (Lipinski definition) is 1. The number of halogens is 1. The summed E-state index contributed by atoms with van der Waals surface area (Å²) in [6, 6.07) is 15.2. The van der Waals surface area contributed by atoms with Gasteiger partial charge in [-0.3, -0.25) is 9.59 Å². The van der Waals surface area contributed by atoms with Crippen LogP contribution in [0.2, 0.25) is 0 Å². The van der Waals surface area contributed by atoms with E-state index in [2.05, 4.69) is 5.32 Å². The molecule has 112 valence electrons. The Bertz CT molecular complexity index is 703. The molecule has 1 atom stereocenters. The summed E-state index contributed by atoms with van der Waals surface area (Å²) in [7, 11) is 0. The average molecular weight is 298 g/mol. The lowest BCUT2D eigenvalue weighted by Gasteiger charge is -2.16. The predicted octanol–water partition coefficient (Wildman–Crippen LogP) is 2.82. The number of hydrogen-bond acceptors (Lipinski definition) is 2. The van der Waals surface area contributed by atoms with E-state index in [0.717, 1.165) is 5.69 Å². The molecular weight excluding hydrogens is 283 g/mol. The second-order valence-corrected chi connectivity index (χ2v) is 5.21. The van der Waals surface area contributed by atoms with Gasteiger partial charge in [-0.15, -0.1) is 0 Å². The second kappa shape index (κ2) is 5.97. The molecule has 2 aromatic carbocycles. The third-order valence-corrected chi connectivity index (χ3v) is 3.70. The van der Waals surface area contributed by atoms with Crippen molar-refractivity contribution in [2.24, 2.45) is 5.92 Å². The van der Waals surface area contributed by atoms with Gasteiger partial charge in [-0.2, -0.15) is 0 Å². The van der Waals surface area contributed by atoms with Gasteiger partial charge in [0.2, 0.25) is 11.8 Å². The van der Waals surface area contributed by atoms with Crippen molar-refractivity contribution < 1.29 is 14.0 Å². The molecule has 0 aliphatic carbocycles. The minimum atomic E-state index is -0.486. The molecule has 0 saturated carbocycles. The highest BCUT2D eigenvalue weighted by molar-refractivity contribution is 6.03. The van der Waals surface area contributed by atoms with E-state index in [9.17, 15) is 14.0 Å². The molecule has 0 spiro atoms. The van der Waals surface area contributed by atoms with Crippen LogP contribution in [0.3, 0.4) is 0 Å². The summed E-state index contributed by atoms with van der Waals surface area (Å²) in [5.41, 5.74) is 0.909. The van der Waals surface area contributed by atoms with E-state index in [4.69, 9.17) is 0 Å². The number of nitrogens with zero attached hydrogens (tertiary/aromatic N) is 1. The standard InChI is InChI=1S/C17H15FN2O2/c18-14-8-4-5-9-15(14)19-17(22)12-10-16(21)20(11-12)13-6-2-1-3-7-13/h1-9,12H,10-11H2,(H,19,22)/t12-/m1/s1. The largest absolute Gasteiger partial charge is 0.323 e. The fraction of sp³-hybridized carbons (Fsp3) is 0.176. The number of anilines is 2. The maximum Gasteiger partial charge on any atom is 0.229 e. The van der Waals surface area contributed by atoms with Crippen LogP contribution in [0.25, 0.3) is 0 Å². The van der Waals surface area contributed by atoms with Crippen molar-refractivity contribution in [2.45, 2.75) is 6.42 Å². The molecule has 1 heterocycles. The average Bonchev–Trinajstić information content (AvgIpc) is 2.92. The Morgan fingerprint density at radius 1 is 1.09 bits per heavy atom. The summed E-state index contributed by atoms with van der Waals surface area (Å²) in [5.74, 6) is -1.40. The molecule has 22 heavy (non-hydrogen) atoms. The molecule has 5 heteroatoms. The first-order valence-electron chi connectivity index (χ1n) is 7.06. The molecule has 1 N–H and O–H groups in total. The van der Waals surface area contributed by atoms with Gasteiger partial charge in [0.15, 0.2) is 0 Å². The second-order valence-electron chi connectivity index (χ2n) is 5.21. The van der Waals surface area contributed by atoms with Gasteiger partial charge in [0.25, 0.3) is 0 Å². The van der Waals surface area contributed by atoms with Gasteiger partial charge in [0.1, 0.15) is 5.82 Å². The number of nitrogens with one attached hydrogen (secondary N) is 1. The van der Waals surface area contributed by atoms with Crippen LogP contribution in [-0.2, 0) is 9.59 Å². The fourth-order valence-corrected chi connectivity index (χ4v) is 2.54. The molecule has 0 aromatic heterocycles. The van der Waals surface area contributed by atoms with Gasteiger partial charge in [-0.25, -0.2) is 4.39 Å². The molecule has 1 fully saturated rings. The lowest BCUT2D eigenvalue weighted by molar-refractivity contribution is -0.122. The molecule has 0 bridgehead atoms. The monoisotopic (exact) mass is 298 g/mol. The number of benzene rings is 2. The SMILES string of the molecule is O=C(Nc1ccccc1F)[C@@H]1CC(=O)N(c2ccccc2)C1. The number of carbonyl (C=O) groups excluding carboxylic acids is 2. The topological polar surface area (TPSA) is 49.4 Å². The van der Waals surface area contributed by atoms with Crippen LogP contribution in [0.15, 0.2) is 54.6 Å². The molecule has 2 amide bonds. The first-order chi connectivity index (χ1) is 10.6. The van der Waals surface area contributed by atoms with Crippen LogP contribution < -0.4 is 10.2 Å². The lowest BCUT2D eigenvalue weighted by atomic mass is 10.1. The normalized spacial score (nSPS) is 17.6. The summed E-state index contributed by atoms with van der Waals surface area (Å²) >= 11 is 0. The molecule has 4 nitrogen and oxygen atoms in total. The smallest absolute Gasteiger partial charge is 0.229 e. The Kier molecular flexibility index (Phi) is 3.87. The van der Waals surface area contributed by atoms with Crippen molar-refractivity contribution in [1.82, 2.24) is 0 Å². The molecule has 2 aromatic rings. The number of amides is 2. The fourth-order valence-electron chi connectivity index (χ4n) is 2.54. The summed E-state index contributed by atoms with van der Waals surface area (Å²) < 4.78 is 13.6. The van der Waals surface area contributed by atoms with Crippen LogP contribution in [-0.4, -0.2) is 18.4 Å². The molecule has 3 rings (SSSR count). The zero-order chi connectivity index (χ0) is 15.5. The molecule has 1 aliphatic heterocycles. The highest BCUT2D eigenvalue weighted by atomic mass is 19.1. The molecule has 1 aliphatic rings. The lowest BCUT2D eigenvalue weighted by Crippen LogP contribution is -2.28. The Morgan fingerprint density at radius 2 is 1.77 bits per heavy atom.